The Morgan fingerprint density at radius 2 is 2.25 bits per heavy atom. The van der Waals surface area contributed by atoms with Crippen LogP contribution in [0.5, 0.6) is 0 Å². The van der Waals surface area contributed by atoms with Gasteiger partial charge in [0.2, 0.25) is 0 Å². The third-order valence-electron chi connectivity index (χ3n) is 3.24. The van der Waals surface area contributed by atoms with E-state index in [-0.39, 0.29) is 11.9 Å². The summed E-state index contributed by atoms with van der Waals surface area (Å²) in [6, 6.07) is 9.35. The number of aromatic nitrogens is 1. The summed E-state index contributed by atoms with van der Waals surface area (Å²) in [7, 11) is 0. The van der Waals surface area contributed by atoms with Crippen molar-refractivity contribution in [1.29, 1.82) is 0 Å². The van der Waals surface area contributed by atoms with Crippen LogP contribution < -0.4 is 10.6 Å². The number of rotatable bonds is 3. The topological polar surface area (TPSA) is 66.4 Å². The van der Waals surface area contributed by atoms with Crippen molar-refractivity contribution in [2.45, 2.75) is 19.4 Å². The van der Waals surface area contributed by atoms with Crippen molar-refractivity contribution in [1.82, 2.24) is 15.6 Å². The lowest BCUT2D eigenvalue weighted by Crippen LogP contribution is -2.25. The first-order chi connectivity index (χ1) is 9.78. The molecule has 1 aliphatic rings. The second kappa shape index (κ2) is 5.28. The molecule has 1 aromatic carbocycles. The Labute approximate surface area is 117 Å². The van der Waals surface area contributed by atoms with E-state index in [1.54, 1.807) is 6.20 Å². The van der Waals surface area contributed by atoms with Gasteiger partial charge in [-0.2, -0.15) is 0 Å². The number of fused-ring (bicyclic) bond motifs is 1. The third kappa shape index (κ3) is 2.34. The summed E-state index contributed by atoms with van der Waals surface area (Å²) < 4.78 is 0. The van der Waals surface area contributed by atoms with Gasteiger partial charge in [0.25, 0.3) is 5.91 Å². The maximum atomic E-state index is 12.0. The lowest BCUT2D eigenvalue weighted by atomic mass is 10.0. The summed E-state index contributed by atoms with van der Waals surface area (Å²) in [4.78, 5) is 20.6. The van der Waals surface area contributed by atoms with Gasteiger partial charge in [0.1, 0.15) is 6.04 Å². The molecule has 2 N–H and O–H groups in total. The number of carbonyl (C=O) groups is 1. The first-order valence-corrected chi connectivity index (χ1v) is 6.74. The van der Waals surface area contributed by atoms with Gasteiger partial charge >= 0.3 is 0 Å². The zero-order valence-corrected chi connectivity index (χ0v) is 11.3. The minimum absolute atomic E-state index is 0.0666. The quantitative estimate of drug-likeness (QED) is 0.891. The van der Waals surface area contributed by atoms with Crippen LogP contribution in [0.3, 0.4) is 0 Å². The molecule has 3 rings (SSSR count). The lowest BCUT2D eigenvalue weighted by Gasteiger charge is -2.09. The number of hydrogen-bond acceptors (Lipinski definition) is 3. The molecule has 20 heavy (non-hydrogen) atoms. The molecule has 0 saturated carbocycles. The number of guanidine groups is 1. The van der Waals surface area contributed by atoms with Crippen LogP contribution in [0.4, 0.5) is 0 Å². The van der Waals surface area contributed by atoms with Gasteiger partial charge in [0.05, 0.1) is 5.52 Å². The zero-order valence-electron chi connectivity index (χ0n) is 11.3. The molecule has 5 heteroatoms. The number of hydrogen-bond donors (Lipinski definition) is 2. The van der Waals surface area contributed by atoms with Crippen molar-refractivity contribution in [2.24, 2.45) is 4.99 Å². The Kier molecular flexibility index (Phi) is 3.33. The number of nitrogens with one attached hydrogen (secondary N) is 2. The molecule has 1 unspecified atom stereocenters. The summed E-state index contributed by atoms with van der Waals surface area (Å²) >= 11 is 0. The van der Waals surface area contributed by atoms with Crippen LogP contribution in [0, 0.1) is 0 Å². The van der Waals surface area contributed by atoms with Crippen molar-refractivity contribution < 1.29 is 4.79 Å². The largest absolute Gasteiger partial charge is 0.340 e. The lowest BCUT2D eigenvalue weighted by molar-refractivity contribution is -0.120. The Morgan fingerprint density at radius 3 is 3.10 bits per heavy atom. The molecule has 1 atom stereocenters. The summed E-state index contributed by atoms with van der Waals surface area (Å²) in [5.74, 6) is 0.497. The van der Waals surface area contributed by atoms with E-state index >= 15 is 0 Å². The third-order valence-corrected chi connectivity index (χ3v) is 3.24. The summed E-state index contributed by atoms with van der Waals surface area (Å²) in [6.45, 7) is 2.76. The van der Waals surface area contributed by atoms with Crippen LogP contribution in [-0.2, 0) is 4.79 Å². The molecule has 5 nitrogen and oxygen atoms in total. The first-order valence-electron chi connectivity index (χ1n) is 6.74. The van der Waals surface area contributed by atoms with E-state index in [4.69, 9.17) is 0 Å². The molecular weight excluding hydrogens is 252 g/mol. The minimum Gasteiger partial charge on any atom is -0.340 e. The molecule has 1 saturated heterocycles. The molecule has 2 heterocycles. The molecule has 1 amide bonds. The SMILES string of the molecule is CCCN=C1NC(=O)C(c2ccc3ncccc3c2)N1. The van der Waals surface area contributed by atoms with Gasteiger partial charge in [-0.15, -0.1) is 0 Å². The normalized spacial score (nSPS) is 20.1. The average Bonchev–Trinajstić information content (AvgIpc) is 2.85. The van der Waals surface area contributed by atoms with Gasteiger partial charge in [0.15, 0.2) is 5.96 Å². The van der Waals surface area contributed by atoms with E-state index in [0.29, 0.717) is 12.5 Å². The highest BCUT2D eigenvalue weighted by atomic mass is 16.2. The van der Waals surface area contributed by atoms with Crippen LogP contribution in [0.1, 0.15) is 24.9 Å². The molecule has 0 bridgehead atoms. The fourth-order valence-corrected chi connectivity index (χ4v) is 2.24. The smallest absolute Gasteiger partial charge is 0.253 e. The van der Waals surface area contributed by atoms with Crippen molar-refractivity contribution in [2.75, 3.05) is 6.54 Å². The molecule has 1 fully saturated rings. The number of pyridine rings is 1. The van der Waals surface area contributed by atoms with Gasteiger partial charge in [-0.3, -0.25) is 20.1 Å². The van der Waals surface area contributed by atoms with Gasteiger partial charge < -0.3 is 5.32 Å². The van der Waals surface area contributed by atoms with Crippen LogP contribution in [0.25, 0.3) is 10.9 Å². The molecule has 0 radical (unpaired) electrons. The fourth-order valence-electron chi connectivity index (χ4n) is 2.24. The van der Waals surface area contributed by atoms with E-state index < -0.39 is 0 Å². The Bertz CT molecular complexity index is 680. The van der Waals surface area contributed by atoms with Gasteiger partial charge in [-0.1, -0.05) is 19.1 Å². The van der Waals surface area contributed by atoms with E-state index in [1.807, 2.05) is 30.3 Å². The Balaban J connectivity index is 1.89. The molecule has 1 aliphatic heterocycles. The summed E-state index contributed by atoms with van der Waals surface area (Å²) in [6.07, 6.45) is 2.71. The zero-order chi connectivity index (χ0) is 13.9. The van der Waals surface area contributed by atoms with Gasteiger partial charge in [0, 0.05) is 18.1 Å². The molecular formula is C15H16N4O. The number of carbonyl (C=O) groups excluding carboxylic acids is 1. The molecule has 0 aliphatic carbocycles. The second-order valence-electron chi connectivity index (χ2n) is 4.75. The predicted octanol–water partition coefficient (Wildman–Crippen LogP) is 1.76. The highest BCUT2D eigenvalue weighted by Crippen LogP contribution is 2.21. The Hall–Kier alpha value is -2.43. The number of aliphatic imine (C=N–C) groups is 1. The molecule has 0 spiro atoms. The second-order valence-corrected chi connectivity index (χ2v) is 4.75. The van der Waals surface area contributed by atoms with Crippen molar-refractivity contribution in [3.05, 3.63) is 42.1 Å². The molecule has 1 aromatic heterocycles. The van der Waals surface area contributed by atoms with Crippen molar-refractivity contribution in [3.63, 3.8) is 0 Å². The number of nitrogens with zero attached hydrogens (tertiary/aromatic N) is 2. The van der Waals surface area contributed by atoms with E-state index in [2.05, 4.69) is 27.5 Å². The highest BCUT2D eigenvalue weighted by molar-refractivity contribution is 6.07. The summed E-state index contributed by atoms with van der Waals surface area (Å²) in [5, 5.41) is 6.92. The predicted molar refractivity (Wildman–Crippen MR) is 78.4 cm³/mol. The molecule has 102 valence electrons. The maximum Gasteiger partial charge on any atom is 0.253 e. The monoisotopic (exact) mass is 268 g/mol. The number of amides is 1. The van der Waals surface area contributed by atoms with E-state index in [1.165, 1.54) is 0 Å². The highest BCUT2D eigenvalue weighted by Gasteiger charge is 2.29. The van der Waals surface area contributed by atoms with E-state index in [0.717, 1.165) is 22.9 Å². The molecule has 2 aromatic rings. The van der Waals surface area contributed by atoms with Crippen LogP contribution in [0.15, 0.2) is 41.5 Å². The minimum atomic E-state index is -0.379. The Morgan fingerprint density at radius 1 is 1.35 bits per heavy atom. The number of benzene rings is 1. The standard InChI is InChI=1S/C15H16N4O/c1-2-7-17-15-18-13(14(20)19-15)11-5-6-12-10(9-11)4-3-8-16-12/h3-6,8-9,13H,2,7H2,1H3,(H2,17,18,19,20). The maximum absolute atomic E-state index is 12.0. The summed E-state index contributed by atoms with van der Waals surface area (Å²) in [5.41, 5.74) is 1.85. The van der Waals surface area contributed by atoms with Crippen LogP contribution in [0.2, 0.25) is 0 Å². The van der Waals surface area contributed by atoms with Crippen molar-refractivity contribution in [3.8, 4) is 0 Å². The van der Waals surface area contributed by atoms with Crippen LogP contribution in [-0.4, -0.2) is 23.4 Å². The first kappa shape index (κ1) is 12.6. The average molecular weight is 268 g/mol. The van der Waals surface area contributed by atoms with E-state index in [9.17, 15) is 4.79 Å². The van der Waals surface area contributed by atoms with Crippen LogP contribution >= 0.6 is 0 Å². The van der Waals surface area contributed by atoms with Gasteiger partial charge in [-0.25, -0.2) is 0 Å². The van der Waals surface area contributed by atoms with Gasteiger partial charge in [-0.05, 0) is 30.2 Å². The van der Waals surface area contributed by atoms with Crippen molar-refractivity contribution >= 4 is 22.8 Å². The fraction of sp³-hybridized carbons (Fsp3) is 0.267.